The number of amides is 1. The van der Waals surface area contributed by atoms with Crippen molar-refractivity contribution < 1.29 is 4.79 Å². The molecule has 8 nitrogen and oxygen atoms in total. The molecule has 0 spiro atoms. The van der Waals surface area contributed by atoms with Crippen LogP contribution in [0.3, 0.4) is 0 Å². The van der Waals surface area contributed by atoms with Crippen molar-refractivity contribution in [2.24, 2.45) is 0 Å². The van der Waals surface area contributed by atoms with Crippen molar-refractivity contribution in [3.05, 3.63) is 46.4 Å². The van der Waals surface area contributed by atoms with Crippen molar-refractivity contribution in [3.8, 4) is 0 Å². The van der Waals surface area contributed by atoms with Crippen molar-refractivity contribution in [1.82, 2.24) is 29.3 Å². The fraction of sp³-hybridized carbons (Fsp3) is 0.500. The highest BCUT2D eigenvalue weighted by molar-refractivity contribution is 5.93. The molecule has 1 aliphatic rings. The van der Waals surface area contributed by atoms with Gasteiger partial charge in [-0.15, -0.1) is 0 Å². The van der Waals surface area contributed by atoms with E-state index in [9.17, 15) is 9.59 Å². The molecule has 1 aliphatic heterocycles. The van der Waals surface area contributed by atoms with Gasteiger partial charge >= 0.3 is 0 Å². The third-order valence-electron chi connectivity index (χ3n) is 5.93. The summed E-state index contributed by atoms with van der Waals surface area (Å²) >= 11 is 0. The minimum absolute atomic E-state index is 0.0356. The fourth-order valence-corrected chi connectivity index (χ4v) is 4.27. The van der Waals surface area contributed by atoms with Crippen molar-refractivity contribution in [1.29, 1.82) is 0 Å². The van der Waals surface area contributed by atoms with Gasteiger partial charge in [0.05, 0.1) is 5.52 Å². The number of hydrogen-bond donors (Lipinski definition) is 1. The lowest BCUT2D eigenvalue weighted by molar-refractivity contribution is -0.121. The highest BCUT2D eigenvalue weighted by Gasteiger charge is 2.16. The van der Waals surface area contributed by atoms with Crippen LogP contribution in [0.4, 0.5) is 0 Å². The SMILES string of the molecule is CCN1CCN(CCCNC(=O)Cn2c3ccccc3c3nc(=O)cc(C)n32)CC1. The quantitative estimate of drug-likeness (QED) is 0.591. The number of para-hydroxylation sites is 1. The predicted octanol–water partition coefficient (Wildman–Crippen LogP) is 1.10. The highest BCUT2D eigenvalue weighted by atomic mass is 16.2. The largest absolute Gasteiger partial charge is 0.354 e. The lowest BCUT2D eigenvalue weighted by atomic mass is 10.2. The number of aryl methyl sites for hydroxylation is 1. The van der Waals surface area contributed by atoms with Crippen molar-refractivity contribution in [3.63, 3.8) is 0 Å². The molecule has 4 rings (SSSR count). The number of likely N-dealkylation sites (N-methyl/N-ethyl adjacent to an activating group) is 1. The molecule has 1 fully saturated rings. The summed E-state index contributed by atoms with van der Waals surface area (Å²) in [5.74, 6) is -0.0356. The Hall–Kier alpha value is -2.71. The molecule has 2 aromatic heterocycles. The van der Waals surface area contributed by atoms with E-state index in [1.54, 1.807) is 0 Å². The van der Waals surface area contributed by atoms with Gasteiger partial charge in [-0.3, -0.25) is 14.3 Å². The van der Waals surface area contributed by atoms with E-state index in [1.165, 1.54) is 6.07 Å². The summed E-state index contributed by atoms with van der Waals surface area (Å²) in [7, 11) is 0. The second kappa shape index (κ2) is 8.97. The topological polar surface area (TPSA) is 74.9 Å². The first-order valence-electron chi connectivity index (χ1n) is 10.8. The average Bonchev–Trinajstić information content (AvgIpc) is 3.05. The lowest BCUT2D eigenvalue weighted by Gasteiger charge is -2.33. The maximum atomic E-state index is 12.7. The monoisotopic (exact) mass is 410 g/mol. The Morgan fingerprint density at radius 2 is 1.87 bits per heavy atom. The summed E-state index contributed by atoms with van der Waals surface area (Å²) < 4.78 is 3.75. The normalized spacial score (nSPS) is 15.8. The fourth-order valence-electron chi connectivity index (χ4n) is 4.27. The Kier molecular flexibility index (Phi) is 6.15. The lowest BCUT2D eigenvalue weighted by Crippen LogP contribution is -2.46. The molecule has 0 aliphatic carbocycles. The maximum Gasteiger partial charge on any atom is 0.273 e. The molecule has 0 bridgehead atoms. The molecule has 3 heterocycles. The zero-order valence-corrected chi connectivity index (χ0v) is 17.8. The van der Waals surface area contributed by atoms with Crippen LogP contribution in [0, 0.1) is 6.92 Å². The van der Waals surface area contributed by atoms with Crippen molar-refractivity contribution in [2.45, 2.75) is 26.8 Å². The summed E-state index contributed by atoms with van der Waals surface area (Å²) in [4.78, 5) is 33.7. The number of piperazine rings is 1. The summed E-state index contributed by atoms with van der Waals surface area (Å²) in [5.41, 5.74) is 1.98. The second-order valence-electron chi connectivity index (χ2n) is 7.93. The van der Waals surface area contributed by atoms with Crippen LogP contribution >= 0.6 is 0 Å². The zero-order chi connectivity index (χ0) is 21.1. The van der Waals surface area contributed by atoms with Gasteiger partial charge in [0, 0.05) is 49.9 Å². The van der Waals surface area contributed by atoms with Crippen LogP contribution in [0.25, 0.3) is 16.6 Å². The molecule has 8 heteroatoms. The van der Waals surface area contributed by atoms with Gasteiger partial charge in [0.15, 0.2) is 5.65 Å². The van der Waals surface area contributed by atoms with E-state index in [0.717, 1.165) is 62.3 Å². The van der Waals surface area contributed by atoms with Gasteiger partial charge in [-0.25, -0.2) is 4.52 Å². The molecule has 160 valence electrons. The van der Waals surface area contributed by atoms with E-state index in [1.807, 2.05) is 40.4 Å². The standard InChI is InChI=1S/C22H30N6O2/c1-3-25-11-13-26(14-12-25)10-6-9-23-21(30)16-27-19-8-5-4-7-18(19)22-24-20(29)15-17(2)28(22)27/h4-5,7-8,15H,3,6,9-14,16H2,1-2H3,(H,23,30). The van der Waals surface area contributed by atoms with E-state index in [-0.39, 0.29) is 18.0 Å². The summed E-state index contributed by atoms with van der Waals surface area (Å²) in [6.45, 7) is 11.5. The van der Waals surface area contributed by atoms with Crippen molar-refractivity contribution >= 4 is 22.5 Å². The van der Waals surface area contributed by atoms with E-state index in [0.29, 0.717) is 12.2 Å². The Morgan fingerprint density at radius 3 is 2.63 bits per heavy atom. The Morgan fingerprint density at radius 1 is 1.13 bits per heavy atom. The molecule has 1 N–H and O–H groups in total. The number of nitrogens with one attached hydrogen (secondary N) is 1. The van der Waals surface area contributed by atoms with Crippen LogP contribution in [-0.4, -0.2) is 75.7 Å². The molecular formula is C22H30N6O2. The highest BCUT2D eigenvalue weighted by Crippen LogP contribution is 2.21. The first kappa shape index (κ1) is 20.6. The third-order valence-corrected chi connectivity index (χ3v) is 5.93. The number of nitrogens with zero attached hydrogens (tertiary/aromatic N) is 5. The molecule has 30 heavy (non-hydrogen) atoms. The van der Waals surface area contributed by atoms with Gasteiger partial charge in [-0.1, -0.05) is 19.1 Å². The first-order chi connectivity index (χ1) is 14.6. The molecule has 0 radical (unpaired) electrons. The van der Waals surface area contributed by atoms with Gasteiger partial charge < -0.3 is 15.1 Å². The van der Waals surface area contributed by atoms with E-state index in [2.05, 4.69) is 27.0 Å². The first-order valence-corrected chi connectivity index (χ1v) is 10.8. The summed E-state index contributed by atoms with van der Waals surface area (Å²) in [6.07, 6.45) is 0.943. The summed E-state index contributed by atoms with van der Waals surface area (Å²) in [6, 6.07) is 9.24. The number of fused-ring (bicyclic) bond motifs is 3. The van der Waals surface area contributed by atoms with E-state index < -0.39 is 0 Å². The molecule has 3 aromatic rings. The van der Waals surface area contributed by atoms with Gasteiger partial charge in [-0.2, -0.15) is 4.98 Å². The number of carbonyl (C=O) groups is 1. The van der Waals surface area contributed by atoms with Crippen LogP contribution in [-0.2, 0) is 11.3 Å². The molecular weight excluding hydrogens is 380 g/mol. The van der Waals surface area contributed by atoms with Gasteiger partial charge in [0.2, 0.25) is 5.91 Å². The predicted molar refractivity (Wildman–Crippen MR) is 118 cm³/mol. The van der Waals surface area contributed by atoms with Crippen LogP contribution in [0.1, 0.15) is 19.0 Å². The number of hydrogen-bond acceptors (Lipinski definition) is 5. The summed E-state index contributed by atoms with van der Waals surface area (Å²) in [5, 5.41) is 3.92. The Labute approximate surface area is 176 Å². The molecule has 0 atom stereocenters. The van der Waals surface area contributed by atoms with Gasteiger partial charge in [0.25, 0.3) is 5.56 Å². The van der Waals surface area contributed by atoms with Crippen LogP contribution in [0.15, 0.2) is 35.1 Å². The zero-order valence-electron chi connectivity index (χ0n) is 17.8. The number of carbonyl (C=O) groups excluding carboxylic acids is 1. The smallest absolute Gasteiger partial charge is 0.273 e. The molecule has 1 amide bonds. The van der Waals surface area contributed by atoms with Crippen molar-refractivity contribution in [2.75, 3.05) is 45.8 Å². The second-order valence-corrected chi connectivity index (χ2v) is 7.93. The molecule has 1 aromatic carbocycles. The number of aromatic nitrogens is 3. The Bertz CT molecular complexity index is 1090. The minimum Gasteiger partial charge on any atom is -0.354 e. The number of benzene rings is 1. The molecule has 0 unspecified atom stereocenters. The Balaban J connectivity index is 1.39. The average molecular weight is 411 g/mol. The van der Waals surface area contributed by atoms with Crippen LogP contribution in [0.2, 0.25) is 0 Å². The number of rotatable bonds is 7. The molecule has 0 saturated carbocycles. The van der Waals surface area contributed by atoms with Gasteiger partial charge in [0.1, 0.15) is 6.54 Å². The van der Waals surface area contributed by atoms with Crippen LogP contribution in [0.5, 0.6) is 0 Å². The van der Waals surface area contributed by atoms with E-state index in [4.69, 9.17) is 0 Å². The molecule has 1 saturated heterocycles. The third kappa shape index (κ3) is 4.24. The van der Waals surface area contributed by atoms with Gasteiger partial charge in [-0.05, 0) is 38.6 Å². The minimum atomic E-state index is -0.264. The maximum absolute atomic E-state index is 12.7. The van der Waals surface area contributed by atoms with E-state index >= 15 is 0 Å². The van der Waals surface area contributed by atoms with Crippen LogP contribution < -0.4 is 10.9 Å².